The van der Waals surface area contributed by atoms with E-state index in [0.29, 0.717) is 16.7 Å². The molecule has 0 unspecified atom stereocenters. The molecule has 2 aromatic carbocycles. The number of aryl methyl sites for hydroxylation is 2. The van der Waals surface area contributed by atoms with E-state index in [1.165, 1.54) is 6.07 Å². The first-order chi connectivity index (χ1) is 13.8. The normalized spacial score (nSPS) is 11.0. The summed E-state index contributed by atoms with van der Waals surface area (Å²) in [5.74, 6) is 0. The molecule has 0 saturated heterocycles. The van der Waals surface area contributed by atoms with Crippen molar-refractivity contribution in [1.82, 2.24) is 4.57 Å². The van der Waals surface area contributed by atoms with Gasteiger partial charge in [0.15, 0.2) is 0 Å². The molecule has 1 heterocycles. The maximum atomic E-state index is 11.2. The van der Waals surface area contributed by atoms with Crippen molar-refractivity contribution in [3.8, 4) is 17.8 Å². The molecule has 0 spiro atoms. The summed E-state index contributed by atoms with van der Waals surface area (Å²) in [4.78, 5) is 10.8. The lowest BCUT2D eigenvalue weighted by molar-refractivity contribution is -0.384. The SMILES string of the molecule is Cc1ccc([N+](=O)[O-])cc1-n1c(C)cc(/C=C(/C#N)c2cccc(C#N)c2)c1C. The Labute approximate surface area is 168 Å². The highest BCUT2D eigenvalue weighted by molar-refractivity contribution is 5.90. The van der Waals surface area contributed by atoms with Gasteiger partial charge in [-0.2, -0.15) is 10.5 Å². The standard InChI is InChI=1S/C23H18N4O2/c1-15-7-8-22(27(28)29)12-23(15)26-16(2)9-20(17(26)3)11-21(14-25)19-6-4-5-18(10-19)13-24/h4-12H,1-3H3/b21-11-. The highest BCUT2D eigenvalue weighted by atomic mass is 16.6. The second-order valence-electron chi connectivity index (χ2n) is 6.75. The van der Waals surface area contributed by atoms with Gasteiger partial charge in [0.25, 0.3) is 5.69 Å². The van der Waals surface area contributed by atoms with Crippen LogP contribution in [0.15, 0.2) is 48.5 Å². The van der Waals surface area contributed by atoms with Gasteiger partial charge in [-0.05, 0) is 61.7 Å². The molecule has 1 aromatic heterocycles. The summed E-state index contributed by atoms with van der Waals surface area (Å²) in [7, 11) is 0. The van der Waals surface area contributed by atoms with E-state index in [0.717, 1.165) is 28.2 Å². The number of nitrogens with zero attached hydrogens (tertiary/aromatic N) is 4. The lowest BCUT2D eigenvalue weighted by Gasteiger charge is -2.12. The smallest absolute Gasteiger partial charge is 0.271 e. The fourth-order valence-electron chi connectivity index (χ4n) is 3.35. The van der Waals surface area contributed by atoms with Crippen molar-refractivity contribution in [2.45, 2.75) is 20.8 Å². The minimum Gasteiger partial charge on any atom is -0.317 e. The van der Waals surface area contributed by atoms with E-state index in [9.17, 15) is 15.4 Å². The number of hydrogen-bond acceptors (Lipinski definition) is 4. The van der Waals surface area contributed by atoms with Crippen LogP contribution in [0.4, 0.5) is 5.69 Å². The minimum absolute atomic E-state index is 0.0289. The summed E-state index contributed by atoms with van der Waals surface area (Å²) >= 11 is 0. The van der Waals surface area contributed by atoms with Gasteiger partial charge < -0.3 is 4.57 Å². The summed E-state index contributed by atoms with van der Waals surface area (Å²) in [5.41, 5.74) is 5.89. The third-order valence-electron chi connectivity index (χ3n) is 4.84. The first kappa shape index (κ1) is 19.6. The highest BCUT2D eigenvalue weighted by Gasteiger charge is 2.16. The molecular weight excluding hydrogens is 364 g/mol. The monoisotopic (exact) mass is 382 g/mol. The Balaban J connectivity index is 2.14. The first-order valence-corrected chi connectivity index (χ1v) is 8.92. The van der Waals surface area contributed by atoms with Crippen LogP contribution in [0.1, 0.15) is 33.6 Å². The second-order valence-corrected chi connectivity index (χ2v) is 6.75. The Kier molecular flexibility index (Phi) is 5.29. The van der Waals surface area contributed by atoms with E-state index in [1.54, 1.807) is 42.5 Å². The lowest BCUT2D eigenvalue weighted by Crippen LogP contribution is -2.02. The topological polar surface area (TPSA) is 95.7 Å². The van der Waals surface area contributed by atoms with E-state index < -0.39 is 4.92 Å². The number of nitro benzene ring substituents is 1. The summed E-state index contributed by atoms with van der Waals surface area (Å²) in [5, 5.41) is 29.9. The summed E-state index contributed by atoms with van der Waals surface area (Å²) in [6, 6.07) is 17.9. The predicted molar refractivity (Wildman–Crippen MR) is 111 cm³/mol. The Hall–Kier alpha value is -4.16. The summed E-state index contributed by atoms with van der Waals surface area (Å²) < 4.78 is 1.95. The van der Waals surface area contributed by atoms with Gasteiger partial charge in [-0.25, -0.2) is 0 Å². The molecule has 0 aliphatic rings. The molecule has 0 N–H and O–H groups in total. The molecule has 0 radical (unpaired) electrons. The van der Waals surface area contributed by atoms with Crippen molar-refractivity contribution in [2.24, 2.45) is 0 Å². The zero-order valence-electron chi connectivity index (χ0n) is 16.3. The van der Waals surface area contributed by atoms with E-state index in [1.807, 2.05) is 31.4 Å². The van der Waals surface area contributed by atoms with E-state index >= 15 is 0 Å². The average molecular weight is 382 g/mol. The summed E-state index contributed by atoms with van der Waals surface area (Å²) in [6.07, 6.45) is 1.78. The molecule has 142 valence electrons. The molecule has 0 atom stereocenters. The molecule has 29 heavy (non-hydrogen) atoms. The number of benzene rings is 2. The predicted octanol–water partition coefficient (Wildman–Crippen LogP) is 5.25. The molecule has 0 aliphatic carbocycles. The summed E-state index contributed by atoms with van der Waals surface area (Å²) in [6.45, 7) is 5.74. The number of hydrogen-bond donors (Lipinski definition) is 0. The number of allylic oxidation sites excluding steroid dienone is 1. The van der Waals surface area contributed by atoms with Gasteiger partial charge in [0.1, 0.15) is 0 Å². The number of aromatic nitrogens is 1. The highest BCUT2D eigenvalue weighted by Crippen LogP contribution is 2.29. The number of non-ortho nitro benzene ring substituents is 1. The molecule has 0 fully saturated rings. The van der Waals surface area contributed by atoms with Crippen LogP contribution in [-0.2, 0) is 0 Å². The van der Waals surface area contributed by atoms with Crippen molar-refractivity contribution in [2.75, 3.05) is 0 Å². The van der Waals surface area contributed by atoms with Crippen LogP contribution in [0.3, 0.4) is 0 Å². The van der Waals surface area contributed by atoms with E-state index in [-0.39, 0.29) is 5.69 Å². The molecule has 0 saturated carbocycles. The van der Waals surface area contributed by atoms with Crippen molar-refractivity contribution >= 4 is 17.3 Å². The van der Waals surface area contributed by atoms with Crippen molar-refractivity contribution in [3.05, 3.63) is 92.3 Å². The van der Waals surface area contributed by atoms with Crippen LogP contribution in [0, 0.1) is 53.5 Å². The average Bonchev–Trinajstić information content (AvgIpc) is 2.99. The van der Waals surface area contributed by atoms with Gasteiger partial charge in [0.05, 0.1) is 33.9 Å². The third-order valence-corrected chi connectivity index (χ3v) is 4.84. The Morgan fingerprint density at radius 1 is 1.10 bits per heavy atom. The fourth-order valence-corrected chi connectivity index (χ4v) is 3.35. The number of rotatable bonds is 4. The zero-order valence-corrected chi connectivity index (χ0v) is 16.3. The molecule has 0 aliphatic heterocycles. The van der Waals surface area contributed by atoms with Gasteiger partial charge in [-0.15, -0.1) is 0 Å². The third kappa shape index (κ3) is 3.78. The molecule has 0 amide bonds. The van der Waals surface area contributed by atoms with Crippen LogP contribution in [0.2, 0.25) is 0 Å². The van der Waals surface area contributed by atoms with Crippen molar-refractivity contribution < 1.29 is 4.92 Å². The first-order valence-electron chi connectivity index (χ1n) is 8.92. The van der Waals surface area contributed by atoms with Gasteiger partial charge in [-0.3, -0.25) is 10.1 Å². The minimum atomic E-state index is -0.409. The van der Waals surface area contributed by atoms with E-state index in [4.69, 9.17) is 5.26 Å². The maximum absolute atomic E-state index is 11.2. The number of nitriles is 2. The molecule has 3 aromatic rings. The van der Waals surface area contributed by atoms with Crippen molar-refractivity contribution in [1.29, 1.82) is 10.5 Å². The zero-order chi connectivity index (χ0) is 21.1. The molecule has 6 heteroatoms. The van der Waals surface area contributed by atoms with Gasteiger partial charge in [-0.1, -0.05) is 18.2 Å². The van der Waals surface area contributed by atoms with E-state index in [2.05, 4.69) is 12.1 Å². The second kappa shape index (κ2) is 7.84. The van der Waals surface area contributed by atoms with Gasteiger partial charge in [0.2, 0.25) is 0 Å². The maximum Gasteiger partial charge on any atom is 0.271 e. The molecule has 3 rings (SSSR count). The number of nitro groups is 1. The molecule has 6 nitrogen and oxygen atoms in total. The molecule has 0 bridgehead atoms. The van der Waals surface area contributed by atoms with Crippen LogP contribution >= 0.6 is 0 Å². The fraction of sp³-hybridized carbons (Fsp3) is 0.130. The Morgan fingerprint density at radius 3 is 2.52 bits per heavy atom. The quantitative estimate of drug-likeness (QED) is 0.350. The molecular formula is C23H18N4O2. The van der Waals surface area contributed by atoms with Gasteiger partial charge in [0, 0.05) is 23.5 Å². The Morgan fingerprint density at radius 2 is 1.86 bits per heavy atom. The van der Waals surface area contributed by atoms with Crippen LogP contribution in [-0.4, -0.2) is 9.49 Å². The van der Waals surface area contributed by atoms with Crippen LogP contribution < -0.4 is 0 Å². The van der Waals surface area contributed by atoms with Crippen LogP contribution in [0.5, 0.6) is 0 Å². The lowest BCUT2D eigenvalue weighted by atomic mass is 10.0. The van der Waals surface area contributed by atoms with Crippen molar-refractivity contribution in [3.63, 3.8) is 0 Å². The Bertz CT molecular complexity index is 1240. The van der Waals surface area contributed by atoms with Crippen LogP contribution in [0.25, 0.3) is 17.3 Å². The largest absolute Gasteiger partial charge is 0.317 e. The van der Waals surface area contributed by atoms with Gasteiger partial charge >= 0.3 is 0 Å².